The molecular weight excluding hydrogens is 332 g/mol. The van der Waals surface area contributed by atoms with Crippen LogP contribution >= 0.6 is 11.3 Å². The number of rotatable bonds is 8. The molecule has 2 rings (SSSR count). The van der Waals surface area contributed by atoms with E-state index in [2.05, 4.69) is 5.32 Å². The van der Waals surface area contributed by atoms with Gasteiger partial charge in [-0.1, -0.05) is 18.2 Å². The molecule has 1 aromatic heterocycles. The average Bonchev–Trinajstić information content (AvgIpc) is 2.93. The van der Waals surface area contributed by atoms with Gasteiger partial charge in [0.2, 0.25) is 0 Å². The zero-order valence-electron chi connectivity index (χ0n) is 13.3. The maximum atomic E-state index is 12.1. The number of thiophene rings is 1. The predicted molar refractivity (Wildman–Crippen MR) is 94.6 cm³/mol. The van der Waals surface area contributed by atoms with Crippen molar-refractivity contribution in [1.29, 1.82) is 0 Å². The van der Waals surface area contributed by atoms with Crippen LogP contribution in [0.1, 0.15) is 22.9 Å². The molecule has 2 aromatic rings. The minimum absolute atomic E-state index is 0.252. The molecule has 0 bridgehead atoms. The number of hydrogen-bond acceptors (Lipinski definition) is 6. The van der Waals surface area contributed by atoms with E-state index in [4.69, 9.17) is 10.5 Å². The van der Waals surface area contributed by atoms with Gasteiger partial charge >= 0.3 is 0 Å². The molecule has 0 spiro atoms. The Morgan fingerprint density at radius 1 is 1.30 bits per heavy atom. The molecule has 126 valence electrons. The molecule has 5 nitrogen and oxygen atoms in total. The average molecular weight is 354 g/mol. The molecule has 0 fully saturated rings. The van der Waals surface area contributed by atoms with Gasteiger partial charge in [-0.15, -0.1) is 11.3 Å². The molecule has 0 saturated carbocycles. The summed E-state index contributed by atoms with van der Waals surface area (Å²) < 4.78 is 29.3. The summed E-state index contributed by atoms with van der Waals surface area (Å²) in [5.74, 6) is 0. The number of hydrogen-bond donors (Lipinski definition) is 2. The summed E-state index contributed by atoms with van der Waals surface area (Å²) in [5, 5.41) is 5.33. The number of anilines is 1. The largest absolute Gasteiger partial charge is 0.398 e. The topological polar surface area (TPSA) is 81.4 Å². The highest BCUT2D eigenvalue weighted by Crippen LogP contribution is 2.34. The fourth-order valence-corrected chi connectivity index (χ4v) is 4.28. The number of ether oxygens (including phenoxy) is 1. The second-order valence-corrected chi connectivity index (χ2v) is 8.22. The van der Waals surface area contributed by atoms with E-state index in [1.54, 1.807) is 19.2 Å². The lowest BCUT2D eigenvalue weighted by molar-refractivity contribution is 0.193. The smallest absolute Gasteiger partial charge is 0.175 e. The number of nitrogens with one attached hydrogen (secondary N) is 1. The first-order chi connectivity index (χ1) is 10.9. The lowest BCUT2D eigenvalue weighted by Gasteiger charge is -2.21. The summed E-state index contributed by atoms with van der Waals surface area (Å²) in [6.45, 7) is 1.35. The molecule has 0 amide bonds. The summed E-state index contributed by atoms with van der Waals surface area (Å²) in [6.07, 6.45) is 2.06. The van der Waals surface area contributed by atoms with E-state index < -0.39 is 9.84 Å². The third-order valence-corrected chi connectivity index (χ3v) is 5.66. The first-order valence-electron chi connectivity index (χ1n) is 7.29. The summed E-state index contributed by atoms with van der Waals surface area (Å²) in [7, 11) is -1.66. The monoisotopic (exact) mass is 354 g/mol. The SMILES string of the molecule is COCCCNC(c1ccccc1S(C)(=O)=O)c1sccc1N. The fourth-order valence-electron chi connectivity index (χ4n) is 2.43. The second kappa shape index (κ2) is 7.92. The van der Waals surface area contributed by atoms with Crippen molar-refractivity contribution in [2.45, 2.75) is 17.4 Å². The highest BCUT2D eigenvalue weighted by molar-refractivity contribution is 7.90. The lowest BCUT2D eigenvalue weighted by Crippen LogP contribution is -2.25. The van der Waals surface area contributed by atoms with E-state index in [0.717, 1.165) is 16.9 Å². The van der Waals surface area contributed by atoms with Crippen molar-refractivity contribution in [3.05, 3.63) is 46.2 Å². The molecule has 0 radical (unpaired) electrons. The van der Waals surface area contributed by atoms with Crippen LogP contribution in [-0.4, -0.2) is 34.9 Å². The summed E-state index contributed by atoms with van der Waals surface area (Å²) >= 11 is 1.52. The van der Waals surface area contributed by atoms with Crippen LogP contribution in [0.2, 0.25) is 0 Å². The Morgan fingerprint density at radius 2 is 2.04 bits per heavy atom. The Labute approximate surface area is 141 Å². The van der Waals surface area contributed by atoms with Gasteiger partial charge in [0.15, 0.2) is 9.84 Å². The van der Waals surface area contributed by atoms with Gasteiger partial charge in [0.25, 0.3) is 0 Å². The van der Waals surface area contributed by atoms with Crippen molar-refractivity contribution >= 4 is 26.9 Å². The Bertz CT molecular complexity index is 741. The first kappa shape index (κ1) is 17.9. The van der Waals surface area contributed by atoms with E-state index in [1.165, 1.54) is 17.6 Å². The Kier molecular flexibility index (Phi) is 6.17. The van der Waals surface area contributed by atoms with Crippen LogP contribution in [0.3, 0.4) is 0 Å². The second-order valence-electron chi connectivity index (χ2n) is 5.28. The minimum Gasteiger partial charge on any atom is -0.398 e. The molecule has 1 heterocycles. The summed E-state index contributed by atoms with van der Waals surface area (Å²) in [6, 6.07) is 8.64. The quantitative estimate of drug-likeness (QED) is 0.712. The van der Waals surface area contributed by atoms with E-state index >= 15 is 0 Å². The molecule has 0 aliphatic rings. The first-order valence-corrected chi connectivity index (χ1v) is 10.1. The van der Waals surface area contributed by atoms with E-state index in [0.29, 0.717) is 23.7 Å². The van der Waals surface area contributed by atoms with Crippen molar-refractivity contribution in [1.82, 2.24) is 5.32 Å². The third kappa shape index (κ3) is 4.54. The van der Waals surface area contributed by atoms with Crippen LogP contribution in [0.25, 0.3) is 0 Å². The molecule has 0 aliphatic carbocycles. The fraction of sp³-hybridized carbons (Fsp3) is 0.375. The molecule has 3 N–H and O–H groups in total. The maximum absolute atomic E-state index is 12.1. The zero-order valence-corrected chi connectivity index (χ0v) is 14.9. The molecule has 1 aromatic carbocycles. The zero-order chi connectivity index (χ0) is 16.9. The number of nitrogens with two attached hydrogens (primary N) is 1. The summed E-state index contributed by atoms with van der Waals surface area (Å²) in [5.41, 5.74) is 7.46. The molecular formula is C16H22N2O3S2. The van der Waals surface area contributed by atoms with Gasteiger partial charge in [-0.2, -0.15) is 0 Å². The van der Waals surface area contributed by atoms with E-state index in [1.807, 2.05) is 23.6 Å². The van der Waals surface area contributed by atoms with Crippen LogP contribution in [0.15, 0.2) is 40.6 Å². The maximum Gasteiger partial charge on any atom is 0.175 e. The predicted octanol–water partition coefficient (Wildman–Crippen LogP) is 2.45. The minimum atomic E-state index is -3.32. The Balaban J connectivity index is 2.40. The van der Waals surface area contributed by atoms with Gasteiger partial charge in [-0.3, -0.25) is 0 Å². The molecule has 7 heteroatoms. The van der Waals surface area contributed by atoms with Crippen molar-refractivity contribution in [2.24, 2.45) is 0 Å². The highest BCUT2D eigenvalue weighted by Gasteiger charge is 2.23. The van der Waals surface area contributed by atoms with Gasteiger partial charge in [0, 0.05) is 30.5 Å². The lowest BCUT2D eigenvalue weighted by atomic mass is 10.0. The molecule has 1 atom stereocenters. The Hall–Kier alpha value is -1.41. The third-order valence-electron chi connectivity index (χ3n) is 3.49. The van der Waals surface area contributed by atoms with Crippen molar-refractivity contribution < 1.29 is 13.2 Å². The normalized spacial score (nSPS) is 13.1. The van der Waals surface area contributed by atoms with Crippen LogP contribution < -0.4 is 11.1 Å². The molecule has 1 unspecified atom stereocenters. The summed E-state index contributed by atoms with van der Waals surface area (Å²) in [4.78, 5) is 1.26. The van der Waals surface area contributed by atoms with Crippen LogP contribution in [0.4, 0.5) is 5.69 Å². The van der Waals surface area contributed by atoms with Gasteiger partial charge in [-0.25, -0.2) is 8.42 Å². The van der Waals surface area contributed by atoms with E-state index in [-0.39, 0.29) is 6.04 Å². The number of nitrogen functional groups attached to an aromatic ring is 1. The van der Waals surface area contributed by atoms with Gasteiger partial charge in [-0.05, 0) is 36.0 Å². The van der Waals surface area contributed by atoms with Crippen molar-refractivity contribution in [3.8, 4) is 0 Å². The molecule has 0 aliphatic heterocycles. The Morgan fingerprint density at radius 3 is 2.65 bits per heavy atom. The van der Waals surface area contributed by atoms with Crippen LogP contribution in [0.5, 0.6) is 0 Å². The van der Waals surface area contributed by atoms with Crippen molar-refractivity contribution in [2.75, 3.05) is 32.3 Å². The van der Waals surface area contributed by atoms with Gasteiger partial charge in [0.05, 0.1) is 10.9 Å². The van der Waals surface area contributed by atoms with Gasteiger partial charge < -0.3 is 15.8 Å². The number of sulfone groups is 1. The van der Waals surface area contributed by atoms with Crippen LogP contribution in [-0.2, 0) is 14.6 Å². The number of benzene rings is 1. The van der Waals surface area contributed by atoms with Gasteiger partial charge in [0.1, 0.15) is 0 Å². The molecule has 23 heavy (non-hydrogen) atoms. The highest BCUT2D eigenvalue weighted by atomic mass is 32.2. The van der Waals surface area contributed by atoms with Crippen LogP contribution in [0, 0.1) is 0 Å². The number of methoxy groups -OCH3 is 1. The standard InChI is InChI=1S/C16H22N2O3S2/c1-21-10-5-9-18-15(16-13(17)8-11-22-16)12-6-3-4-7-14(12)23(2,19)20/h3-4,6-8,11,15,18H,5,9-10,17H2,1-2H3. The molecule has 0 saturated heterocycles. The van der Waals surface area contributed by atoms with Crippen molar-refractivity contribution in [3.63, 3.8) is 0 Å². The van der Waals surface area contributed by atoms with E-state index in [9.17, 15) is 8.42 Å².